The molecule has 2 aromatic rings. The van der Waals surface area contributed by atoms with Crippen LogP contribution in [0.2, 0.25) is 0 Å². The van der Waals surface area contributed by atoms with E-state index in [1.807, 2.05) is 25.1 Å². The van der Waals surface area contributed by atoms with E-state index in [0.29, 0.717) is 16.8 Å². The van der Waals surface area contributed by atoms with Crippen LogP contribution >= 0.6 is 39.1 Å². The number of fused-ring (bicyclic) bond motifs is 4. The van der Waals surface area contributed by atoms with E-state index < -0.39 is 45.2 Å². The Morgan fingerprint density at radius 1 is 1.00 bits per heavy atom. The van der Waals surface area contributed by atoms with Gasteiger partial charge in [0.2, 0.25) is 11.8 Å². The van der Waals surface area contributed by atoms with Crippen molar-refractivity contribution in [1.29, 1.82) is 0 Å². The Morgan fingerprint density at radius 2 is 1.71 bits per heavy atom. The number of carbonyl (C=O) groups excluding carboxylic acids is 4. The Labute approximate surface area is 261 Å². The Morgan fingerprint density at radius 3 is 2.36 bits per heavy atom. The number of anilines is 1. The number of allylic oxidation sites excluding steroid dienone is 2. The number of carbonyl (C=O) groups is 4. The van der Waals surface area contributed by atoms with Crippen LogP contribution in [0.5, 0.6) is 11.5 Å². The molecule has 1 saturated carbocycles. The normalized spacial score (nSPS) is 32.1. The van der Waals surface area contributed by atoms with E-state index >= 15 is 0 Å². The van der Waals surface area contributed by atoms with Gasteiger partial charge >= 0.3 is 0 Å². The molecular formula is C31H29BrCl2N2O6. The summed E-state index contributed by atoms with van der Waals surface area (Å²) in [6.45, 7) is 4.08. The first-order valence-corrected chi connectivity index (χ1v) is 15.8. The van der Waals surface area contributed by atoms with Gasteiger partial charge in [-0.3, -0.25) is 29.0 Å². The number of halogens is 3. The quantitative estimate of drug-likeness (QED) is 0.194. The molecule has 0 spiro atoms. The number of likely N-dealkylation sites (tertiary alicyclic amines) is 1. The predicted octanol–water partition coefficient (Wildman–Crippen LogP) is 5.27. The Bertz CT molecular complexity index is 1550. The van der Waals surface area contributed by atoms with Gasteiger partial charge in [0, 0.05) is 5.92 Å². The van der Waals surface area contributed by atoms with Crippen LogP contribution < -0.4 is 9.64 Å². The number of aromatic hydroxyl groups is 1. The van der Waals surface area contributed by atoms with Gasteiger partial charge in [0.05, 0.1) is 29.6 Å². The van der Waals surface area contributed by atoms with Crippen molar-refractivity contribution in [2.24, 2.45) is 17.8 Å². The summed E-state index contributed by atoms with van der Waals surface area (Å²) in [5.41, 5.74) is 2.66. The van der Waals surface area contributed by atoms with Crippen LogP contribution in [-0.2, 0) is 25.6 Å². The van der Waals surface area contributed by atoms with E-state index in [0.717, 1.165) is 16.9 Å². The highest BCUT2D eigenvalue weighted by atomic mass is 79.9. The molecule has 11 heteroatoms. The molecule has 42 heavy (non-hydrogen) atoms. The average molecular weight is 676 g/mol. The van der Waals surface area contributed by atoms with Gasteiger partial charge in [-0.05, 0) is 67.5 Å². The number of rotatable bonds is 6. The standard InChI is InChI=1S/C31H29BrCl2N2O6/c1-3-16-5-8-18(9-6-16)36-26(38)20-11-10-19-21(24(20)27(36)39)14-30(33)28(40)35(15-32)29(41)31(30,34)25(19)17-7-12-22(37)23(13-17)42-4-2/h5-10,12-13,20-21,24-25,37H,3-4,11,14-15H2,1-2H3. The fourth-order valence-electron chi connectivity index (χ4n) is 7.24. The zero-order chi connectivity index (χ0) is 30.1. The van der Waals surface area contributed by atoms with Crippen molar-refractivity contribution < 1.29 is 29.0 Å². The maximum Gasteiger partial charge on any atom is 0.254 e. The lowest BCUT2D eigenvalue weighted by atomic mass is 9.56. The molecule has 6 rings (SSSR count). The van der Waals surface area contributed by atoms with Crippen molar-refractivity contribution >= 4 is 68.4 Å². The van der Waals surface area contributed by atoms with Gasteiger partial charge in [-0.25, -0.2) is 0 Å². The summed E-state index contributed by atoms with van der Waals surface area (Å²) in [4.78, 5) is 53.9. The average Bonchev–Trinajstić information content (AvgIpc) is 3.32. The summed E-state index contributed by atoms with van der Waals surface area (Å²) in [6.07, 6.45) is 2.88. The van der Waals surface area contributed by atoms with Crippen LogP contribution in [0.1, 0.15) is 43.7 Å². The summed E-state index contributed by atoms with van der Waals surface area (Å²) in [5.74, 6) is -4.86. The van der Waals surface area contributed by atoms with Crippen molar-refractivity contribution in [3.05, 3.63) is 65.2 Å². The minimum Gasteiger partial charge on any atom is -0.504 e. The topological polar surface area (TPSA) is 104 Å². The van der Waals surface area contributed by atoms with Gasteiger partial charge < -0.3 is 9.84 Å². The van der Waals surface area contributed by atoms with Gasteiger partial charge in [0.25, 0.3) is 11.8 Å². The third-order valence-electron chi connectivity index (χ3n) is 9.23. The molecule has 4 amide bonds. The number of nitrogens with zero attached hydrogens (tertiary/aromatic N) is 2. The molecule has 6 atom stereocenters. The van der Waals surface area contributed by atoms with Crippen LogP contribution in [-0.4, -0.2) is 55.4 Å². The van der Waals surface area contributed by atoms with Crippen LogP contribution in [0.25, 0.3) is 0 Å². The number of alkyl halides is 3. The molecule has 2 aromatic carbocycles. The number of aryl methyl sites for hydroxylation is 1. The van der Waals surface area contributed by atoms with Crippen molar-refractivity contribution in [2.75, 3.05) is 17.0 Å². The molecule has 8 nitrogen and oxygen atoms in total. The molecule has 2 heterocycles. The van der Waals surface area contributed by atoms with E-state index in [1.165, 1.54) is 11.0 Å². The minimum atomic E-state index is -1.92. The number of amides is 4. The van der Waals surface area contributed by atoms with Crippen LogP contribution in [0.15, 0.2) is 54.1 Å². The molecule has 4 aliphatic rings. The van der Waals surface area contributed by atoms with E-state index in [1.54, 1.807) is 31.2 Å². The Balaban J connectivity index is 1.50. The van der Waals surface area contributed by atoms with E-state index in [-0.39, 0.29) is 48.2 Å². The minimum absolute atomic E-state index is 0.0896. The SMILES string of the molecule is CCOc1cc(C2C3=CCC4C(=O)N(c5ccc(CC)cc5)C(=O)C4C3CC3(Cl)C(=O)N(CBr)C(=O)C23Cl)ccc1O. The summed E-state index contributed by atoms with van der Waals surface area (Å²) in [5, 5.41) is 10.4. The van der Waals surface area contributed by atoms with Crippen LogP contribution in [0, 0.1) is 17.8 Å². The highest BCUT2D eigenvalue weighted by molar-refractivity contribution is 9.09. The predicted molar refractivity (Wildman–Crippen MR) is 161 cm³/mol. The van der Waals surface area contributed by atoms with Gasteiger partial charge in [-0.15, -0.1) is 23.2 Å². The van der Waals surface area contributed by atoms with Gasteiger partial charge in [0.15, 0.2) is 21.2 Å². The highest BCUT2D eigenvalue weighted by Gasteiger charge is 2.76. The maximum atomic E-state index is 14.1. The lowest BCUT2D eigenvalue weighted by Gasteiger charge is -2.50. The lowest BCUT2D eigenvalue weighted by molar-refractivity contribution is -0.138. The first-order chi connectivity index (χ1) is 20.0. The maximum absolute atomic E-state index is 14.1. The largest absolute Gasteiger partial charge is 0.504 e. The fourth-order valence-corrected chi connectivity index (χ4v) is 8.67. The number of phenols is 1. The summed E-state index contributed by atoms with van der Waals surface area (Å²) in [7, 11) is 0. The third-order valence-corrected chi connectivity index (χ3v) is 11.1. The number of ether oxygens (including phenoxy) is 1. The molecule has 0 aromatic heterocycles. The van der Waals surface area contributed by atoms with Crippen molar-refractivity contribution in [3.8, 4) is 11.5 Å². The summed E-state index contributed by atoms with van der Waals surface area (Å²) in [6, 6.07) is 12.0. The second-order valence-electron chi connectivity index (χ2n) is 11.2. The van der Waals surface area contributed by atoms with Crippen molar-refractivity contribution in [1.82, 2.24) is 4.90 Å². The van der Waals surface area contributed by atoms with Crippen LogP contribution in [0.3, 0.4) is 0 Å². The smallest absolute Gasteiger partial charge is 0.254 e. The fraction of sp³-hybridized carbons (Fsp3) is 0.419. The van der Waals surface area contributed by atoms with Gasteiger partial charge in [-0.2, -0.15) is 0 Å². The Kier molecular flexibility index (Phi) is 7.22. The number of hydrogen-bond donors (Lipinski definition) is 1. The molecule has 0 radical (unpaired) electrons. The second kappa shape index (κ2) is 10.4. The summed E-state index contributed by atoms with van der Waals surface area (Å²) >= 11 is 17.8. The zero-order valence-electron chi connectivity index (χ0n) is 23.0. The molecular weight excluding hydrogens is 647 g/mol. The van der Waals surface area contributed by atoms with Gasteiger partial charge in [-0.1, -0.05) is 52.7 Å². The van der Waals surface area contributed by atoms with E-state index in [9.17, 15) is 24.3 Å². The highest BCUT2D eigenvalue weighted by Crippen LogP contribution is 2.65. The molecule has 2 aliphatic heterocycles. The molecule has 1 N–H and O–H groups in total. The van der Waals surface area contributed by atoms with Gasteiger partial charge in [0.1, 0.15) is 0 Å². The van der Waals surface area contributed by atoms with E-state index in [2.05, 4.69) is 15.9 Å². The molecule has 3 fully saturated rings. The molecule has 2 aliphatic carbocycles. The zero-order valence-corrected chi connectivity index (χ0v) is 26.1. The molecule has 6 unspecified atom stereocenters. The third kappa shape index (κ3) is 3.85. The lowest BCUT2D eigenvalue weighted by Crippen LogP contribution is -2.60. The monoisotopic (exact) mass is 674 g/mol. The second-order valence-corrected chi connectivity index (χ2v) is 12.9. The molecule has 2 saturated heterocycles. The van der Waals surface area contributed by atoms with E-state index in [4.69, 9.17) is 27.9 Å². The number of benzene rings is 2. The van der Waals surface area contributed by atoms with Crippen LogP contribution in [0.4, 0.5) is 5.69 Å². The summed E-state index contributed by atoms with van der Waals surface area (Å²) < 4.78 is 5.62. The molecule has 220 valence electrons. The number of imide groups is 2. The number of hydrogen-bond acceptors (Lipinski definition) is 6. The van der Waals surface area contributed by atoms with Crippen molar-refractivity contribution in [2.45, 2.75) is 48.8 Å². The first-order valence-electron chi connectivity index (χ1n) is 14.0. The molecule has 0 bridgehead atoms. The first kappa shape index (κ1) is 29.2. The Hall–Kier alpha value is -2.88. The van der Waals surface area contributed by atoms with Crippen molar-refractivity contribution in [3.63, 3.8) is 0 Å². The number of phenolic OH excluding ortho intramolecular Hbond substituents is 1.